The number of hydrogen-bond donors (Lipinski definition) is 2. The van der Waals surface area contributed by atoms with Gasteiger partial charge in [-0.3, -0.25) is 10.3 Å². The van der Waals surface area contributed by atoms with Gasteiger partial charge in [0.15, 0.2) is 5.82 Å². The highest BCUT2D eigenvalue weighted by atomic mass is 19.1. The first-order valence-electron chi connectivity index (χ1n) is 11.8. The van der Waals surface area contributed by atoms with Crippen molar-refractivity contribution in [3.05, 3.63) is 66.1 Å². The number of fused-ring (bicyclic) bond motifs is 1. The number of halogens is 2. The molecule has 0 amide bonds. The predicted octanol–water partition coefficient (Wildman–Crippen LogP) is 4.29. The molecule has 180 valence electrons. The highest BCUT2D eigenvalue weighted by Crippen LogP contribution is 2.45. The van der Waals surface area contributed by atoms with Gasteiger partial charge in [-0.1, -0.05) is 6.07 Å². The molecule has 36 heavy (non-hydrogen) atoms. The van der Waals surface area contributed by atoms with Crippen molar-refractivity contribution in [3.63, 3.8) is 0 Å². The topological polar surface area (TPSA) is 103 Å². The summed E-state index contributed by atoms with van der Waals surface area (Å²) in [7, 11) is 0. The van der Waals surface area contributed by atoms with Crippen LogP contribution >= 0.6 is 0 Å². The standard InChI is InChI=1S/C26H22F2N8/c27-19-2-1-3-20(28)24(19)34-22-10-16(6-7-32-22)25-33-21-13-30-12-18(15-4-5-15)23(21)26(35-25)36-9-8-31-17(11-29)14-36/h1-3,6-7,10,12-13,15,17,31H,4-5,8-9,14H2,(H,32,34)/t17-/m0/s1. The van der Waals surface area contributed by atoms with Crippen LogP contribution in [0.25, 0.3) is 22.3 Å². The molecule has 4 heterocycles. The summed E-state index contributed by atoms with van der Waals surface area (Å²) >= 11 is 0. The Morgan fingerprint density at radius 1 is 1.11 bits per heavy atom. The van der Waals surface area contributed by atoms with Gasteiger partial charge in [0.25, 0.3) is 0 Å². The monoisotopic (exact) mass is 484 g/mol. The molecule has 1 aliphatic carbocycles. The first-order chi connectivity index (χ1) is 17.6. The van der Waals surface area contributed by atoms with Gasteiger partial charge in [-0.25, -0.2) is 23.7 Å². The average molecular weight is 485 g/mol. The second kappa shape index (κ2) is 9.09. The van der Waals surface area contributed by atoms with Crippen molar-refractivity contribution in [1.82, 2.24) is 25.3 Å². The summed E-state index contributed by atoms with van der Waals surface area (Å²) in [6.45, 7) is 1.87. The molecule has 2 N–H and O–H groups in total. The third kappa shape index (κ3) is 4.18. The number of rotatable bonds is 5. The Balaban J connectivity index is 1.45. The van der Waals surface area contributed by atoms with E-state index in [4.69, 9.17) is 9.97 Å². The molecule has 0 bridgehead atoms. The number of aromatic nitrogens is 4. The molecular weight excluding hydrogens is 462 g/mol. The molecule has 3 aromatic heterocycles. The van der Waals surface area contributed by atoms with Gasteiger partial charge in [0.2, 0.25) is 0 Å². The molecule has 1 aliphatic heterocycles. The van der Waals surface area contributed by atoms with Crippen LogP contribution in [0.2, 0.25) is 0 Å². The van der Waals surface area contributed by atoms with E-state index in [0.29, 0.717) is 36.9 Å². The summed E-state index contributed by atoms with van der Waals surface area (Å²) in [5.41, 5.74) is 2.21. The number of hydrogen-bond acceptors (Lipinski definition) is 8. The van der Waals surface area contributed by atoms with Crippen LogP contribution in [-0.4, -0.2) is 45.6 Å². The molecule has 4 aromatic rings. The van der Waals surface area contributed by atoms with Crippen LogP contribution in [0, 0.1) is 23.0 Å². The van der Waals surface area contributed by atoms with Gasteiger partial charge >= 0.3 is 0 Å². The first kappa shape index (κ1) is 22.2. The molecule has 1 atom stereocenters. The summed E-state index contributed by atoms with van der Waals surface area (Å²) in [4.78, 5) is 20.6. The van der Waals surface area contributed by atoms with Gasteiger partial charge in [-0.05, 0) is 48.6 Å². The molecule has 10 heteroatoms. The number of pyridine rings is 2. The Hall–Kier alpha value is -4.23. The van der Waals surface area contributed by atoms with Gasteiger partial charge in [-0.2, -0.15) is 5.26 Å². The zero-order chi connectivity index (χ0) is 24.6. The fourth-order valence-corrected chi connectivity index (χ4v) is 4.56. The van der Waals surface area contributed by atoms with Gasteiger partial charge in [0.1, 0.15) is 35.0 Å². The maximum atomic E-state index is 14.2. The van der Waals surface area contributed by atoms with E-state index >= 15 is 0 Å². The molecule has 1 saturated heterocycles. The van der Waals surface area contributed by atoms with Crippen molar-refractivity contribution >= 4 is 28.2 Å². The molecule has 0 radical (unpaired) electrons. The van der Waals surface area contributed by atoms with Gasteiger partial charge in [0, 0.05) is 43.0 Å². The van der Waals surface area contributed by atoms with Crippen LogP contribution in [-0.2, 0) is 0 Å². The Labute approximate surface area is 206 Å². The number of benzene rings is 1. The number of piperazine rings is 1. The number of nitriles is 1. The fraction of sp³-hybridized carbons (Fsp3) is 0.269. The van der Waals surface area contributed by atoms with Crippen molar-refractivity contribution in [2.75, 3.05) is 29.9 Å². The zero-order valence-electron chi connectivity index (χ0n) is 19.2. The lowest BCUT2D eigenvalue weighted by atomic mass is 10.1. The lowest BCUT2D eigenvalue weighted by molar-refractivity contribution is 0.522. The second-order valence-corrected chi connectivity index (χ2v) is 9.00. The third-order valence-corrected chi connectivity index (χ3v) is 6.50. The predicted molar refractivity (Wildman–Crippen MR) is 132 cm³/mol. The van der Waals surface area contributed by atoms with Crippen molar-refractivity contribution in [2.45, 2.75) is 24.8 Å². The van der Waals surface area contributed by atoms with Crippen LogP contribution in [0.4, 0.5) is 26.1 Å². The summed E-state index contributed by atoms with van der Waals surface area (Å²) in [5.74, 6) is 0.493. The number of nitrogens with zero attached hydrogens (tertiary/aromatic N) is 6. The number of anilines is 3. The van der Waals surface area contributed by atoms with Crippen LogP contribution in [0.15, 0.2) is 48.9 Å². The van der Waals surface area contributed by atoms with Crippen LogP contribution in [0.3, 0.4) is 0 Å². The first-order valence-corrected chi connectivity index (χ1v) is 11.8. The van der Waals surface area contributed by atoms with E-state index in [0.717, 1.165) is 35.1 Å². The summed E-state index contributed by atoms with van der Waals surface area (Å²) < 4.78 is 28.3. The van der Waals surface area contributed by atoms with E-state index in [1.54, 1.807) is 24.5 Å². The Kier molecular flexibility index (Phi) is 5.62. The van der Waals surface area contributed by atoms with Crippen LogP contribution in [0.5, 0.6) is 0 Å². The normalized spacial score (nSPS) is 17.7. The largest absolute Gasteiger partial charge is 0.352 e. The van der Waals surface area contributed by atoms with Crippen LogP contribution < -0.4 is 15.5 Å². The lowest BCUT2D eigenvalue weighted by Crippen LogP contribution is -2.50. The summed E-state index contributed by atoms with van der Waals surface area (Å²) in [5, 5.41) is 16.4. The molecule has 8 nitrogen and oxygen atoms in total. The molecule has 6 rings (SSSR count). The Morgan fingerprint density at radius 3 is 2.72 bits per heavy atom. The van der Waals surface area contributed by atoms with E-state index < -0.39 is 11.6 Å². The second-order valence-electron chi connectivity index (χ2n) is 9.00. The van der Waals surface area contributed by atoms with E-state index in [9.17, 15) is 14.0 Å². The van der Waals surface area contributed by atoms with E-state index in [-0.39, 0.29) is 17.5 Å². The quantitative estimate of drug-likeness (QED) is 0.433. The highest BCUT2D eigenvalue weighted by molar-refractivity contribution is 5.94. The van der Waals surface area contributed by atoms with Crippen molar-refractivity contribution in [2.24, 2.45) is 0 Å². The minimum atomic E-state index is -0.712. The third-order valence-electron chi connectivity index (χ3n) is 6.50. The van der Waals surface area contributed by atoms with Crippen molar-refractivity contribution < 1.29 is 8.78 Å². The molecule has 2 fully saturated rings. The molecule has 1 aromatic carbocycles. The molecule has 0 spiro atoms. The van der Waals surface area contributed by atoms with E-state index in [1.165, 1.54) is 18.2 Å². The maximum Gasteiger partial charge on any atom is 0.162 e. The minimum absolute atomic E-state index is 0.262. The maximum absolute atomic E-state index is 14.2. The van der Waals surface area contributed by atoms with Crippen molar-refractivity contribution in [3.8, 4) is 17.5 Å². The van der Waals surface area contributed by atoms with E-state index in [2.05, 4.69) is 31.6 Å². The molecule has 2 aliphatic rings. The van der Waals surface area contributed by atoms with Crippen molar-refractivity contribution in [1.29, 1.82) is 5.26 Å². The summed E-state index contributed by atoms with van der Waals surface area (Å²) in [6.07, 6.45) is 7.38. The lowest BCUT2D eigenvalue weighted by Gasteiger charge is -2.32. The van der Waals surface area contributed by atoms with Gasteiger partial charge in [-0.15, -0.1) is 0 Å². The summed E-state index contributed by atoms with van der Waals surface area (Å²) in [6, 6.07) is 9.08. The Bertz CT molecular complexity index is 1480. The van der Waals surface area contributed by atoms with Gasteiger partial charge in [0.05, 0.1) is 17.8 Å². The van der Waals surface area contributed by atoms with Gasteiger partial charge < -0.3 is 10.2 Å². The minimum Gasteiger partial charge on any atom is -0.352 e. The zero-order valence-corrected chi connectivity index (χ0v) is 19.2. The number of nitrogens with one attached hydrogen (secondary N) is 2. The molecule has 1 saturated carbocycles. The SMILES string of the molecule is N#C[C@H]1CN(c2nc(-c3ccnc(Nc4c(F)cccc4F)c3)nc3cncc(C4CC4)c23)CCN1. The average Bonchev–Trinajstić information content (AvgIpc) is 3.76. The van der Waals surface area contributed by atoms with E-state index in [1.807, 2.05) is 6.20 Å². The smallest absolute Gasteiger partial charge is 0.162 e. The Morgan fingerprint density at radius 2 is 1.94 bits per heavy atom. The molecule has 0 unspecified atom stereocenters. The highest BCUT2D eigenvalue weighted by Gasteiger charge is 2.30. The number of para-hydroxylation sites is 1. The molecular formula is C26H22F2N8. The van der Waals surface area contributed by atoms with Crippen LogP contribution in [0.1, 0.15) is 24.3 Å². The fourth-order valence-electron chi connectivity index (χ4n) is 4.56.